The van der Waals surface area contributed by atoms with Crippen LogP contribution in [0.15, 0.2) is 47.4 Å². The predicted molar refractivity (Wildman–Crippen MR) is 144 cm³/mol. The quantitative estimate of drug-likeness (QED) is 0.420. The second-order valence-corrected chi connectivity index (χ2v) is 11.6. The topological polar surface area (TPSA) is 86.8 Å². The summed E-state index contributed by atoms with van der Waals surface area (Å²) < 4.78 is 29.2. The molecule has 0 radical (unpaired) electrons. The molecular formula is C28H41N3O4S. The highest BCUT2D eigenvalue weighted by Gasteiger charge is 2.34. The van der Waals surface area contributed by atoms with E-state index in [0.29, 0.717) is 39.0 Å². The van der Waals surface area contributed by atoms with Crippen molar-refractivity contribution in [3.63, 3.8) is 0 Å². The molecule has 1 heterocycles. The summed E-state index contributed by atoms with van der Waals surface area (Å²) in [6, 6.07) is 11.7. The third-order valence-corrected chi connectivity index (χ3v) is 8.67. The van der Waals surface area contributed by atoms with Crippen molar-refractivity contribution >= 4 is 32.6 Å². The molecule has 1 saturated heterocycles. The first-order valence-electron chi connectivity index (χ1n) is 13.3. The van der Waals surface area contributed by atoms with Crippen molar-refractivity contribution in [1.29, 1.82) is 0 Å². The Kier molecular flexibility index (Phi) is 10.3. The monoisotopic (exact) mass is 515 g/mol. The number of hydrogen-bond donors (Lipinski definition) is 1. The third-order valence-electron chi connectivity index (χ3n) is 7.23. The number of fused-ring (bicyclic) bond motifs is 1. The van der Waals surface area contributed by atoms with E-state index in [2.05, 4.69) is 11.6 Å². The third kappa shape index (κ3) is 7.29. The first kappa shape index (κ1) is 28.1. The molecule has 0 aliphatic carbocycles. The summed E-state index contributed by atoms with van der Waals surface area (Å²) in [5, 5.41) is 1.79. The molecule has 1 fully saturated rings. The molecular weight excluding hydrogens is 474 g/mol. The van der Waals surface area contributed by atoms with Crippen molar-refractivity contribution in [2.24, 2.45) is 5.92 Å². The van der Waals surface area contributed by atoms with Crippen LogP contribution in [-0.4, -0.2) is 62.3 Å². The minimum Gasteiger partial charge on any atom is -0.339 e. The molecule has 3 rings (SSSR count). The fourth-order valence-electron chi connectivity index (χ4n) is 4.63. The summed E-state index contributed by atoms with van der Waals surface area (Å²) in [5.74, 6) is -0.245. The minimum atomic E-state index is -3.89. The molecule has 2 unspecified atom stereocenters. The van der Waals surface area contributed by atoms with Gasteiger partial charge in [0.2, 0.25) is 21.8 Å². The fraction of sp³-hybridized carbons (Fsp3) is 0.571. The normalized spacial score (nSPS) is 16.2. The van der Waals surface area contributed by atoms with Gasteiger partial charge in [-0.25, -0.2) is 8.42 Å². The molecule has 8 heteroatoms. The summed E-state index contributed by atoms with van der Waals surface area (Å²) >= 11 is 0. The molecule has 1 N–H and O–H groups in total. The number of unbranched alkanes of at least 4 members (excludes halogenated alkanes) is 4. The van der Waals surface area contributed by atoms with Crippen LogP contribution in [-0.2, 0) is 19.6 Å². The van der Waals surface area contributed by atoms with E-state index in [1.807, 2.05) is 43.0 Å². The molecule has 1 aliphatic heterocycles. The number of piperazine rings is 1. The number of amides is 2. The maximum Gasteiger partial charge on any atom is 0.241 e. The van der Waals surface area contributed by atoms with Crippen LogP contribution in [0.1, 0.15) is 65.7 Å². The molecule has 1 aliphatic rings. The van der Waals surface area contributed by atoms with Gasteiger partial charge in [-0.2, -0.15) is 4.72 Å². The molecule has 7 nitrogen and oxygen atoms in total. The van der Waals surface area contributed by atoms with Gasteiger partial charge in [0.25, 0.3) is 0 Å². The number of sulfonamides is 1. The number of nitrogens with one attached hydrogen (secondary N) is 1. The van der Waals surface area contributed by atoms with Crippen LogP contribution in [0.2, 0.25) is 0 Å². The van der Waals surface area contributed by atoms with Crippen LogP contribution < -0.4 is 4.72 Å². The van der Waals surface area contributed by atoms with E-state index < -0.39 is 16.1 Å². The van der Waals surface area contributed by atoms with Crippen LogP contribution >= 0.6 is 0 Å². The van der Waals surface area contributed by atoms with Gasteiger partial charge in [0, 0.05) is 32.6 Å². The Bertz CT molecular complexity index is 1130. The van der Waals surface area contributed by atoms with Gasteiger partial charge < -0.3 is 9.80 Å². The summed E-state index contributed by atoms with van der Waals surface area (Å²) in [7, 11) is -3.89. The molecule has 0 aromatic heterocycles. The van der Waals surface area contributed by atoms with Crippen molar-refractivity contribution in [3.8, 4) is 0 Å². The number of nitrogens with zero attached hydrogens (tertiary/aromatic N) is 2. The van der Waals surface area contributed by atoms with Crippen LogP contribution in [0.5, 0.6) is 0 Å². The lowest BCUT2D eigenvalue weighted by atomic mass is 9.98. The van der Waals surface area contributed by atoms with E-state index in [9.17, 15) is 18.0 Å². The molecule has 36 heavy (non-hydrogen) atoms. The van der Waals surface area contributed by atoms with Gasteiger partial charge in [0.05, 0.1) is 4.90 Å². The molecule has 198 valence electrons. The van der Waals surface area contributed by atoms with Crippen molar-refractivity contribution in [3.05, 3.63) is 42.5 Å². The van der Waals surface area contributed by atoms with Gasteiger partial charge in [-0.3, -0.25) is 9.59 Å². The average molecular weight is 516 g/mol. The Balaban J connectivity index is 1.62. The van der Waals surface area contributed by atoms with Crippen LogP contribution in [0.4, 0.5) is 0 Å². The van der Waals surface area contributed by atoms with Crippen LogP contribution in [0.3, 0.4) is 0 Å². The van der Waals surface area contributed by atoms with Gasteiger partial charge >= 0.3 is 0 Å². The molecule has 0 saturated carbocycles. The van der Waals surface area contributed by atoms with Crippen LogP contribution in [0, 0.1) is 5.92 Å². The molecule has 2 aromatic rings. The van der Waals surface area contributed by atoms with Gasteiger partial charge in [-0.1, -0.05) is 83.2 Å². The van der Waals surface area contributed by atoms with Crippen molar-refractivity contribution < 1.29 is 18.0 Å². The summed E-state index contributed by atoms with van der Waals surface area (Å²) in [5.41, 5.74) is 0. The molecule has 0 bridgehead atoms. The van der Waals surface area contributed by atoms with Crippen molar-refractivity contribution in [2.75, 3.05) is 26.2 Å². The Morgan fingerprint density at radius 2 is 1.53 bits per heavy atom. The van der Waals surface area contributed by atoms with Gasteiger partial charge in [-0.15, -0.1) is 0 Å². The van der Waals surface area contributed by atoms with E-state index in [0.717, 1.165) is 30.0 Å². The lowest BCUT2D eigenvalue weighted by molar-refractivity contribution is -0.141. The zero-order valence-electron chi connectivity index (χ0n) is 21.9. The Morgan fingerprint density at radius 1 is 0.889 bits per heavy atom. The first-order chi connectivity index (χ1) is 17.3. The van der Waals surface area contributed by atoms with Gasteiger partial charge in [0.15, 0.2) is 0 Å². The molecule has 2 amide bonds. The maximum atomic E-state index is 13.5. The van der Waals surface area contributed by atoms with Crippen molar-refractivity contribution in [2.45, 2.75) is 76.7 Å². The number of rotatable bonds is 12. The highest BCUT2D eigenvalue weighted by molar-refractivity contribution is 7.89. The SMILES string of the molecule is CCCCCCCC(=O)N1CCN(C(=O)C(NS(=O)(=O)c2ccc3ccccc3c2)C(C)CC)CC1. The molecule has 2 atom stereocenters. The van der Waals surface area contributed by atoms with E-state index in [1.165, 1.54) is 12.8 Å². The zero-order valence-corrected chi connectivity index (χ0v) is 22.7. The molecule has 2 aromatic carbocycles. The smallest absolute Gasteiger partial charge is 0.241 e. The number of carbonyl (C=O) groups is 2. The van der Waals surface area contributed by atoms with E-state index in [4.69, 9.17) is 0 Å². The summed E-state index contributed by atoms with van der Waals surface area (Å²) in [6.07, 6.45) is 6.75. The Morgan fingerprint density at radius 3 is 2.19 bits per heavy atom. The maximum absolute atomic E-state index is 13.5. The fourth-order valence-corrected chi connectivity index (χ4v) is 5.96. The predicted octanol–water partition coefficient (Wildman–Crippen LogP) is 4.56. The second-order valence-electron chi connectivity index (χ2n) is 9.86. The number of benzene rings is 2. The average Bonchev–Trinajstić information content (AvgIpc) is 2.90. The Hall–Kier alpha value is -2.45. The van der Waals surface area contributed by atoms with Gasteiger partial charge in [0.1, 0.15) is 6.04 Å². The summed E-state index contributed by atoms with van der Waals surface area (Å²) in [6.45, 7) is 7.84. The highest BCUT2D eigenvalue weighted by Crippen LogP contribution is 2.21. The second kappa shape index (κ2) is 13.2. The lowest BCUT2D eigenvalue weighted by Crippen LogP contribution is -2.57. The standard InChI is InChI=1S/C28H41N3O4S/c1-4-6-7-8-9-14-26(32)30-17-19-31(20-18-30)28(33)27(22(3)5-2)29-36(34,35)25-16-15-23-12-10-11-13-24(23)21-25/h10-13,15-16,21-22,27,29H,4-9,14,17-20H2,1-3H3. The summed E-state index contributed by atoms with van der Waals surface area (Å²) in [4.78, 5) is 29.7. The van der Waals surface area contributed by atoms with Crippen LogP contribution in [0.25, 0.3) is 10.8 Å². The van der Waals surface area contributed by atoms with Gasteiger partial charge in [-0.05, 0) is 35.2 Å². The van der Waals surface area contributed by atoms with E-state index in [-0.39, 0.29) is 22.6 Å². The first-order valence-corrected chi connectivity index (χ1v) is 14.8. The number of carbonyl (C=O) groups excluding carboxylic acids is 2. The highest BCUT2D eigenvalue weighted by atomic mass is 32.2. The molecule has 0 spiro atoms. The van der Waals surface area contributed by atoms with E-state index >= 15 is 0 Å². The lowest BCUT2D eigenvalue weighted by Gasteiger charge is -2.37. The van der Waals surface area contributed by atoms with Crippen molar-refractivity contribution in [1.82, 2.24) is 14.5 Å². The minimum absolute atomic E-state index is 0.147. The number of hydrogen-bond acceptors (Lipinski definition) is 4. The van der Waals surface area contributed by atoms with E-state index in [1.54, 1.807) is 23.1 Å². The zero-order chi connectivity index (χ0) is 26.1. The largest absolute Gasteiger partial charge is 0.339 e. The Labute approximate surface area is 216 Å².